The van der Waals surface area contributed by atoms with Gasteiger partial charge < -0.3 is 11.1 Å². The summed E-state index contributed by atoms with van der Waals surface area (Å²) in [6, 6.07) is 15.6. The molecule has 0 radical (unpaired) electrons. The van der Waals surface area contributed by atoms with Crippen LogP contribution in [0.25, 0.3) is 0 Å². The molecule has 1 amide bonds. The molecule has 0 bridgehead atoms. The molecule has 0 saturated heterocycles. The minimum atomic E-state index is -0.162. The van der Waals surface area contributed by atoms with Crippen molar-refractivity contribution in [2.45, 2.75) is 39.2 Å². The Morgan fingerprint density at radius 3 is 2.41 bits per heavy atom. The number of aryl methyl sites for hydroxylation is 1. The minimum Gasteiger partial charge on any atom is -0.399 e. The summed E-state index contributed by atoms with van der Waals surface area (Å²) in [4.78, 5) is 12.5. The lowest BCUT2D eigenvalue weighted by atomic mass is 9.78. The van der Waals surface area contributed by atoms with Gasteiger partial charge in [-0.05, 0) is 37.1 Å². The third-order valence-corrected chi connectivity index (χ3v) is 4.45. The van der Waals surface area contributed by atoms with Crippen molar-refractivity contribution in [2.24, 2.45) is 0 Å². The summed E-state index contributed by atoms with van der Waals surface area (Å²) in [7, 11) is 0. The van der Waals surface area contributed by atoms with E-state index in [-0.39, 0.29) is 17.4 Å². The van der Waals surface area contributed by atoms with Crippen LogP contribution >= 0.6 is 0 Å². The molecule has 2 aromatic carbocycles. The quantitative estimate of drug-likeness (QED) is 0.846. The number of amides is 1. The van der Waals surface area contributed by atoms with E-state index in [1.807, 2.05) is 44.2 Å². The van der Waals surface area contributed by atoms with Gasteiger partial charge >= 0.3 is 0 Å². The van der Waals surface area contributed by atoms with Gasteiger partial charge in [-0.1, -0.05) is 50.2 Å². The van der Waals surface area contributed by atoms with Crippen LogP contribution in [0.5, 0.6) is 0 Å². The summed E-state index contributed by atoms with van der Waals surface area (Å²) < 4.78 is 0. The fourth-order valence-corrected chi connectivity index (χ4v) is 2.46. The van der Waals surface area contributed by atoms with Crippen molar-refractivity contribution < 1.29 is 4.79 Å². The first-order valence-corrected chi connectivity index (χ1v) is 7.55. The zero-order valence-electron chi connectivity index (χ0n) is 13.7. The van der Waals surface area contributed by atoms with Gasteiger partial charge in [0.25, 0.3) is 5.91 Å². The molecule has 0 spiro atoms. The number of rotatable bonds is 4. The van der Waals surface area contributed by atoms with Crippen LogP contribution in [0.4, 0.5) is 5.69 Å². The Bertz CT molecular complexity index is 662. The lowest BCUT2D eigenvalue weighted by molar-refractivity contribution is 0.0923. The Hall–Kier alpha value is -2.29. The van der Waals surface area contributed by atoms with Crippen LogP contribution in [0.2, 0.25) is 0 Å². The molecule has 1 unspecified atom stereocenters. The summed E-state index contributed by atoms with van der Waals surface area (Å²) in [6.45, 7) is 8.23. The van der Waals surface area contributed by atoms with Crippen molar-refractivity contribution in [3.05, 3.63) is 65.2 Å². The smallest absolute Gasteiger partial charge is 0.251 e. The highest BCUT2D eigenvalue weighted by Crippen LogP contribution is 2.27. The van der Waals surface area contributed by atoms with Crippen LogP contribution in [-0.4, -0.2) is 11.9 Å². The normalized spacial score (nSPS) is 12.7. The summed E-state index contributed by atoms with van der Waals surface area (Å²) in [5.41, 5.74) is 9.00. The molecule has 0 fully saturated rings. The lowest BCUT2D eigenvalue weighted by Gasteiger charge is -2.33. The third-order valence-electron chi connectivity index (χ3n) is 4.45. The predicted molar refractivity (Wildman–Crippen MR) is 92.0 cm³/mol. The van der Waals surface area contributed by atoms with Crippen LogP contribution in [0.1, 0.15) is 42.3 Å². The van der Waals surface area contributed by atoms with Crippen molar-refractivity contribution in [1.29, 1.82) is 0 Å². The van der Waals surface area contributed by atoms with Crippen LogP contribution < -0.4 is 11.1 Å². The zero-order valence-corrected chi connectivity index (χ0v) is 13.7. The van der Waals surface area contributed by atoms with Crippen LogP contribution in [0.3, 0.4) is 0 Å². The second-order valence-corrected chi connectivity index (χ2v) is 6.36. The Labute approximate surface area is 132 Å². The highest BCUT2D eigenvalue weighted by Gasteiger charge is 2.29. The minimum absolute atomic E-state index is 0.0109. The molecule has 3 nitrogen and oxygen atoms in total. The Balaban J connectivity index is 2.19. The van der Waals surface area contributed by atoms with Gasteiger partial charge in [0.05, 0.1) is 0 Å². The average molecular weight is 296 g/mol. The van der Waals surface area contributed by atoms with Crippen molar-refractivity contribution in [3.63, 3.8) is 0 Å². The molecule has 22 heavy (non-hydrogen) atoms. The van der Waals surface area contributed by atoms with E-state index >= 15 is 0 Å². The Morgan fingerprint density at radius 1 is 1.14 bits per heavy atom. The van der Waals surface area contributed by atoms with Gasteiger partial charge in [0.1, 0.15) is 0 Å². The molecule has 2 rings (SSSR count). The van der Waals surface area contributed by atoms with Gasteiger partial charge in [-0.15, -0.1) is 0 Å². The van der Waals surface area contributed by atoms with E-state index in [2.05, 4.69) is 31.3 Å². The third kappa shape index (κ3) is 3.30. The molecule has 1 atom stereocenters. The fourth-order valence-electron chi connectivity index (χ4n) is 2.46. The first kappa shape index (κ1) is 16.1. The highest BCUT2D eigenvalue weighted by molar-refractivity contribution is 5.96. The molecule has 116 valence electrons. The Kier molecular flexibility index (Phi) is 4.55. The number of nitrogen functional groups attached to an aromatic ring is 1. The van der Waals surface area contributed by atoms with Gasteiger partial charge in [-0.3, -0.25) is 4.79 Å². The standard InChI is InChI=1S/C19H24N2O/c1-13-10-11-16(20)12-17(13)18(22)21-14(2)19(3,4)15-8-6-5-7-9-15/h5-12,14H,20H2,1-4H3,(H,21,22). The van der Waals surface area contributed by atoms with E-state index in [0.29, 0.717) is 11.3 Å². The van der Waals surface area contributed by atoms with Crippen molar-refractivity contribution in [2.75, 3.05) is 5.73 Å². The van der Waals surface area contributed by atoms with E-state index in [0.717, 1.165) is 5.56 Å². The number of nitrogens with one attached hydrogen (secondary N) is 1. The van der Waals surface area contributed by atoms with Crippen LogP contribution in [-0.2, 0) is 5.41 Å². The van der Waals surface area contributed by atoms with E-state index < -0.39 is 0 Å². The van der Waals surface area contributed by atoms with Gasteiger partial charge in [0, 0.05) is 22.7 Å². The van der Waals surface area contributed by atoms with Crippen LogP contribution in [0, 0.1) is 6.92 Å². The summed E-state index contributed by atoms with van der Waals surface area (Å²) in [5, 5.41) is 3.11. The highest BCUT2D eigenvalue weighted by atomic mass is 16.1. The van der Waals surface area contributed by atoms with Gasteiger partial charge in [-0.25, -0.2) is 0 Å². The van der Waals surface area contributed by atoms with Crippen molar-refractivity contribution in [3.8, 4) is 0 Å². The molecule has 2 aromatic rings. The monoisotopic (exact) mass is 296 g/mol. The van der Waals surface area contributed by atoms with E-state index in [1.165, 1.54) is 5.56 Å². The second-order valence-electron chi connectivity index (χ2n) is 6.36. The summed E-state index contributed by atoms with van der Waals surface area (Å²) in [6.07, 6.45) is 0. The maximum Gasteiger partial charge on any atom is 0.251 e. The molecule has 0 aliphatic heterocycles. The van der Waals surface area contributed by atoms with Crippen molar-refractivity contribution >= 4 is 11.6 Å². The second kappa shape index (κ2) is 6.22. The number of anilines is 1. The molecule has 0 aliphatic carbocycles. The summed E-state index contributed by atoms with van der Waals surface area (Å²) in [5.74, 6) is -0.0821. The number of carbonyl (C=O) groups excluding carboxylic acids is 1. The van der Waals surface area contributed by atoms with E-state index in [9.17, 15) is 4.79 Å². The molecular formula is C19H24N2O. The molecule has 3 N–H and O–H groups in total. The molecule has 3 heteroatoms. The SMILES string of the molecule is Cc1ccc(N)cc1C(=O)NC(C)C(C)(C)c1ccccc1. The number of benzene rings is 2. The molecule has 0 heterocycles. The first-order chi connectivity index (χ1) is 10.3. The van der Waals surface area contributed by atoms with Crippen LogP contribution in [0.15, 0.2) is 48.5 Å². The number of carbonyl (C=O) groups is 1. The van der Waals surface area contributed by atoms with E-state index in [4.69, 9.17) is 5.73 Å². The first-order valence-electron chi connectivity index (χ1n) is 7.55. The van der Waals surface area contributed by atoms with Gasteiger partial charge in [-0.2, -0.15) is 0 Å². The van der Waals surface area contributed by atoms with Crippen molar-refractivity contribution in [1.82, 2.24) is 5.32 Å². The molecule has 0 aliphatic rings. The van der Waals surface area contributed by atoms with Gasteiger partial charge in [0.15, 0.2) is 0 Å². The molecular weight excluding hydrogens is 272 g/mol. The molecule has 0 aromatic heterocycles. The van der Waals surface area contributed by atoms with Gasteiger partial charge in [0.2, 0.25) is 0 Å². The number of nitrogens with two attached hydrogens (primary N) is 1. The topological polar surface area (TPSA) is 55.1 Å². The fraction of sp³-hybridized carbons (Fsp3) is 0.316. The lowest BCUT2D eigenvalue weighted by Crippen LogP contribution is -2.45. The molecule has 0 saturated carbocycles. The average Bonchev–Trinajstić information content (AvgIpc) is 2.50. The number of hydrogen-bond donors (Lipinski definition) is 2. The maximum atomic E-state index is 12.5. The zero-order chi connectivity index (χ0) is 16.3. The number of hydrogen-bond acceptors (Lipinski definition) is 2. The van der Waals surface area contributed by atoms with E-state index in [1.54, 1.807) is 6.07 Å². The summed E-state index contributed by atoms with van der Waals surface area (Å²) >= 11 is 0. The Morgan fingerprint density at radius 2 is 1.77 bits per heavy atom. The maximum absolute atomic E-state index is 12.5. The predicted octanol–water partition coefficient (Wildman–Crippen LogP) is 3.67. The largest absolute Gasteiger partial charge is 0.399 e.